The van der Waals surface area contributed by atoms with Gasteiger partial charge in [0.2, 0.25) is 0 Å². The normalized spacial score (nSPS) is 24.5. The van der Waals surface area contributed by atoms with Crippen molar-refractivity contribution in [2.75, 3.05) is 11.9 Å². The first-order valence-electron chi connectivity index (χ1n) is 6.93. The fraction of sp³-hybridized carbons (Fsp3) is 0.533. The van der Waals surface area contributed by atoms with Gasteiger partial charge in [0.05, 0.1) is 16.3 Å². The van der Waals surface area contributed by atoms with E-state index in [0.717, 1.165) is 25.1 Å². The van der Waals surface area contributed by atoms with Crippen molar-refractivity contribution in [3.8, 4) is 6.07 Å². The van der Waals surface area contributed by atoms with Crippen molar-refractivity contribution in [2.24, 2.45) is 0 Å². The highest BCUT2D eigenvalue weighted by Gasteiger charge is 2.40. The molecule has 0 amide bonds. The third-order valence-corrected chi connectivity index (χ3v) is 4.74. The molecule has 1 saturated carbocycles. The van der Waals surface area contributed by atoms with Gasteiger partial charge in [-0.25, -0.2) is 0 Å². The van der Waals surface area contributed by atoms with Crippen LogP contribution in [0.5, 0.6) is 0 Å². The quantitative estimate of drug-likeness (QED) is 0.871. The van der Waals surface area contributed by atoms with Crippen LogP contribution in [-0.2, 0) is 0 Å². The van der Waals surface area contributed by atoms with Crippen molar-refractivity contribution in [3.63, 3.8) is 0 Å². The van der Waals surface area contributed by atoms with Crippen LogP contribution in [0.2, 0.25) is 5.02 Å². The molecule has 1 unspecified atom stereocenters. The molecule has 1 atom stereocenters. The first kappa shape index (κ1) is 12.8. The highest BCUT2D eigenvalue weighted by Crippen LogP contribution is 2.39. The van der Waals surface area contributed by atoms with Crippen LogP contribution < -0.4 is 10.6 Å². The molecule has 100 valence electrons. The van der Waals surface area contributed by atoms with Gasteiger partial charge >= 0.3 is 0 Å². The average Bonchev–Trinajstić information content (AvgIpc) is 2.38. The predicted octanol–water partition coefficient (Wildman–Crippen LogP) is 3.30. The molecule has 1 saturated heterocycles. The molecule has 2 aliphatic rings. The van der Waals surface area contributed by atoms with E-state index < -0.39 is 0 Å². The van der Waals surface area contributed by atoms with E-state index in [2.05, 4.69) is 16.7 Å². The summed E-state index contributed by atoms with van der Waals surface area (Å²) in [6, 6.07) is 8.23. The van der Waals surface area contributed by atoms with Crippen LogP contribution in [0.1, 0.15) is 37.7 Å². The van der Waals surface area contributed by atoms with Gasteiger partial charge in [0.1, 0.15) is 6.07 Å². The second kappa shape index (κ2) is 5.03. The Morgan fingerprint density at radius 2 is 2.26 bits per heavy atom. The zero-order valence-corrected chi connectivity index (χ0v) is 11.6. The second-order valence-electron chi connectivity index (χ2n) is 5.67. The van der Waals surface area contributed by atoms with Gasteiger partial charge in [-0.3, -0.25) is 0 Å². The Kier molecular flexibility index (Phi) is 3.38. The molecule has 2 N–H and O–H groups in total. The van der Waals surface area contributed by atoms with Gasteiger partial charge in [-0.05, 0) is 50.8 Å². The third kappa shape index (κ3) is 2.43. The average molecular weight is 276 g/mol. The maximum atomic E-state index is 9.20. The molecule has 0 bridgehead atoms. The molecule has 0 radical (unpaired) electrons. The number of hydrogen-bond donors (Lipinski definition) is 2. The van der Waals surface area contributed by atoms with Crippen LogP contribution in [0.4, 0.5) is 5.69 Å². The van der Waals surface area contributed by atoms with Crippen molar-refractivity contribution in [2.45, 2.75) is 43.7 Å². The molecule has 1 spiro atoms. The Labute approximate surface area is 118 Å². The van der Waals surface area contributed by atoms with Crippen molar-refractivity contribution in [1.29, 1.82) is 5.26 Å². The fourth-order valence-corrected chi connectivity index (χ4v) is 3.46. The van der Waals surface area contributed by atoms with E-state index in [1.165, 1.54) is 19.3 Å². The molecule has 0 aromatic heterocycles. The van der Waals surface area contributed by atoms with Crippen molar-refractivity contribution >= 4 is 17.3 Å². The summed E-state index contributed by atoms with van der Waals surface area (Å²) >= 11 is 6.07. The summed E-state index contributed by atoms with van der Waals surface area (Å²) in [5, 5.41) is 16.9. The molecular weight excluding hydrogens is 258 g/mol. The Balaban J connectivity index is 1.75. The lowest BCUT2D eigenvalue weighted by atomic mass is 9.70. The van der Waals surface area contributed by atoms with E-state index in [-0.39, 0.29) is 0 Å². The second-order valence-corrected chi connectivity index (χ2v) is 6.08. The van der Waals surface area contributed by atoms with Gasteiger partial charge in [-0.2, -0.15) is 5.26 Å². The summed E-state index contributed by atoms with van der Waals surface area (Å²) in [5.41, 5.74) is 1.79. The lowest BCUT2D eigenvalue weighted by Crippen LogP contribution is -2.58. The van der Waals surface area contributed by atoms with Crippen LogP contribution in [-0.4, -0.2) is 18.1 Å². The van der Waals surface area contributed by atoms with E-state index in [9.17, 15) is 5.26 Å². The molecule has 3 rings (SSSR count). The van der Waals surface area contributed by atoms with Gasteiger partial charge in [0, 0.05) is 11.6 Å². The van der Waals surface area contributed by atoms with Crippen LogP contribution in [0.3, 0.4) is 0 Å². The molecule has 1 heterocycles. The highest BCUT2D eigenvalue weighted by atomic mass is 35.5. The molecule has 1 aliphatic carbocycles. The number of rotatable bonds is 2. The van der Waals surface area contributed by atoms with Crippen molar-refractivity contribution in [1.82, 2.24) is 5.32 Å². The Hall–Kier alpha value is -1.24. The maximum absolute atomic E-state index is 9.20. The maximum Gasteiger partial charge on any atom is 0.103 e. The number of piperidine rings is 1. The summed E-state index contributed by atoms with van der Waals surface area (Å²) in [6.45, 7) is 1.06. The minimum absolute atomic E-state index is 0.362. The predicted molar refractivity (Wildman–Crippen MR) is 77.4 cm³/mol. The first-order valence-corrected chi connectivity index (χ1v) is 7.30. The Bertz CT molecular complexity index is 517. The number of benzene rings is 1. The van der Waals surface area contributed by atoms with Crippen LogP contribution in [0.25, 0.3) is 0 Å². The zero-order valence-electron chi connectivity index (χ0n) is 10.9. The van der Waals surface area contributed by atoms with E-state index in [4.69, 9.17) is 11.6 Å². The van der Waals surface area contributed by atoms with Crippen LogP contribution in [0.15, 0.2) is 18.2 Å². The summed E-state index contributed by atoms with van der Waals surface area (Å²) in [6.07, 6.45) is 6.14. The zero-order chi connectivity index (χ0) is 13.3. The molecule has 2 fully saturated rings. The number of halogens is 1. The largest absolute Gasteiger partial charge is 0.381 e. The molecule has 1 aromatic carbocycles. The molecule has 3 nitrogen and oxygen atoms in total. The molecule has 4 heteroatoms. The smallest absolute Gasteiger partial charge is 0.103 e. The highest BCUT2D eigenvalue weighted by molar-refractivity contribution is 6.32. The number of anilines is 1. The summed E-state index contributed by atoms with van der Waals surface area (Å²) < 4.78 is 0. The van der Waals surface area contributed by atoms with E-state index >= 15 is 0 Å². The topological polar surface area (TPSA) is 47.9 Å². The SMILES string of the molecule is N#Cc1c(Cl)cccc1NC1CCNC2(CCC2)C1. The molecule has 1 aliphatic heterocycles. The van der Waals surface area contributed by atoms with Gasteiger partial charge < -0.3 is 10.6 Å². The van der Waals surface area contributed by atoms with Gasteiger partial charge in [0.15, 0.2) is 0 Å². The number of hydrogen-bond acceptors (Lipinski definition) is 3. The number of nitriles is 1. The monoisotopic (exact) mass is 275 g/mol. The Morgan fingerprint density at radius 1 is 1.42 bits per heavy atom. The lowest BCUT2D eigenvalue weighted by Gasteiger charge is -2.48. The standard InChI is InChI=1S/C15H18ClN3/c16-13-3-1-4-14(12(13)10-17)19-11-5-8-18-15(9-11)6-2-7-15/h1,3-4,11,18-19H,2,5-9H2. The lowest BCUT2D eigenvalue weighted by molar-refractivity contribution is 0.135. The fourth-order valence-electron chi connectivity index (χ4n) is 3.24. The minimum atomic E-state index is 0.362. The number of nitrogens with zero attached hydrogens (tertiary/aromatic N) is 1. The van der Waals surface area contributed by atoms with Gasteiger partial charge in [-0.15, -0.1) is 0 Å². The van der Waals surface area contributed by atoms with Gasteiger partial charge in [-0.1, -0.05) is 17.7 Å². The van der Waals surface area contributed by atoms with E-state index in [1.807, 2.05) is 12.1 Å². The van der Waals surface area contributed by atoms with Crippen molar-refractivity contribution in [3.05, 3.63) is 28.8 Å². The summed E-state index contributed by atoms with van der Waals surface area (Å²) in [7, 11) is 0. The summed E-state index contributed by atoms with van der Waals surface area (Å²) in [5.74, 6) is 0. The van der Waals surface area contributed by atoms with Gasteiger partial charge in [0.25, 0.3) is 0 Å². The molecular formula is C15H18ClN3. The summed E-state index contributed by atoms with van der Waals surface area (Å²) in [4.78, 5) is 0. The third-order valence-electron chi connectivity index (χ3n) is 4.43. The first-order chi connectivity index (χ1) is 9.22. The number of nitrogens with one attached hydrogen (secondary N) is 2. The van der Waals surface area contributed by atoms with Crippen LogP contribution >= 0.6 is 11.6 Å². The van der Waals surface area contributed by atoms with Crippen molar-refractivity contribution < 1.29 is 0 Å². The molecule has 1 aromatic rings. The minimum Gasteiger partial charge on any atom is -0.381 e. The van der Waals surface area contributed by atoms with Crippen LogP contribution in [0, 0.1) is 11.3 Å². The Morgan fingerprint density at radius 3 is 2.95 bits per heavy atom. The molecule has 19 heavy (non-hydrogen) atoms. The van der Waals surface area contributed by atoms with E-state index in [0.29, 0.717) is 22.2 Å². The van der Waals surface area contributed by atoms with E-state index in [1.54, 1.807) is 6.07 Å².